The Morgan fingerprint density at radius 3 is 1.10 bits per heavy atom. The van der Waals surface area contributed by atoms with Gasteiger partial charge in [-0.3, -0.25) is 14.4 Å². The lowest BCUT2D eigenvalue weighted by Gasteiger charge is -2.18. The van der Waals surface area contributed by atoms with Gasteiger partial charge >= 0.3 is 17.9 Å². The Morgan fingerprint density at radius 2 is 0.661 bits per heavy atom. The summed E-state index contributed by atoms with van der Waals surface area (Å²) in [6.07, 6.45) is 65.4. The number of ether oxygens (including phenoxy) is 3. The van der Waals surface area contributed by atoms with E-state index in [0.29, 0.717) is 19.3 Å². The van der Waals surface area contributed by atoms with Gasteiger partial charge in [0.25, 0.3) is 0 Å². The number of hydrogen-bond acceptors (Lipinski definition) is 6. The summed E-state index contributed by atoms with van der Waals surface area (Å²) >= 11 is 0. The highest BCUT2D eigenvalue weighted by molar-refractivity contribution is 5.71. The summed E-state index contributed by atoms with van der Waals surface area (Å²) in [7, 11) is 0. The maximum Gasteiger partial charge on any atom is 0.306 e. The molecule has 0 aliphatic rings. The maximum atomic E-state index is 12.8. The van der Waals surface area contributed by atoms with Gasteiger partial charge < -0.3 is 14.2 Å². The van der Waals surface area contributed by atoms with Crippen molar-refractivity contribution < 1.29 is 28.6 Å². The number of allylic oxidation sites excluding steroid dienone is 16. The molecule has 0 aromatic rings. The van der Waals surface area contributed by atoms with Crippen molar-refractivity contribution in [2.75, 3.05) is 13.2 Å². The highest BCUT2D eigenvalue weighted by Crippen LogP contribution is 2.13. The lowest BCUT2D eigenvalue weighted by atomic mass is 10.1. The zero-order chi connectivity index (χ0) is 45.1. The Hall–Kier alpha value is -3.67. The maximum absolute atomic E-state index is 12.8. The van der Waals surface area contributed by atoms with E-state index in [1.807, 2.05) is 12.2 Å². The molecule has 0 saturated heterocycles. The molecule has 1 atom stereocenters. The van der Waals surface area contributed by atoms with E-state index in [-0.39, 0.29) is 37.5 Å². The number of unbranched alkanes of at least 4 members (excludes halogenated alkanes) is 17. The van der Waals surface area contributed by atoms with Crippen molar-refractivity contribution in [1.82, 2.24) is 0 Å². The van der Waals surface area contributed by atoms with Crippen molar-refractivity contribution in [3.8, 4) is 0 Å². The Kier molecular flexibility index (Phi) is 47.0. The van der Waals surface area contributed by atoms with Gasteiger partial charge in [-0.15, -0.1) is 0 Å². The fourth-order valence-corrected chi connectivity index (χ4v) is 6.58. The van der Waals surface area contributed by atoms with Crippen LogP contribution in [0.2, 0.25) is 0 Å². The van der Waals surface area contributed by atoms with Crippen LogP contribution in [0.15, 0.2) is 97.2 Å². The molecule has 0 N–H and O–H groups in total. The third-order valence-corrected chi connectivity index (χ3v) is 10.3. The molecule has 0 aromatic carbocycles. The van der Waals surface area contributed by atoms with E-state index in [1.165, 1.54) is 70.6 Å². The molecule has 352 valence electrons. The van der Waals surface area contributed by atoms with Crippen molar-refractivity contribution in [3.63, 3.8) is 0 Å². The summed E-state index contributed by atoms with van der Waals surface area (Å²) in [5, 5.41) is 0. The molecular formula is C56H92O6. The zero-order valence-electron chi connectivity index (χ0n) is 40.1. The molecular weight excluding hydrogens is 769 g/mol. The summed E-state index contributed by atoms with van der Waals surface area (Å²) < 4.78 is 16.7. The van der Waals surface area contributed by atoms with E-state index in [2.05, 4.69) is 106 Å². The van der Waals surface area contributed by atoms with E-state index >= 15 is 0 Å². The second-order valence-corrected chi connectivity index (χ2v) is 16.3. The van der Waals surface area contributed by atoms with Gasteiger partial charge in [0.05, 0.1) is 0 Å². The summed E-state index contributed by atoms with van der Waals surface area (Å²) in [4.78, 5) is 37.9. The van der Waals surface area contributed by atoms with Crippen molar-refractivity contribution in [2.45, 2.75) is 226 Å². The van der Waals surface area contributed by atoms with Crippen LogP contribution in [0.3, 0.4) is 0 Å². The molecule has 0 amide bonds. The standard InChI is InChI=1S/C56H92O6/c1-4-7-10-13-16-19-22-25-27-28-29-32-34-37-40-43-46-49-55(58)61-52-53(51-60-54(57)48-45-42-39-36-33-30-24-21-18-15-12-9-6-3)62-56(59)50-47-44-41-38-35-31-26-23-20-17-14-11-8-5-2/h7,9-10,12,16,18-19,21,23,25-27,30,33,39,42,53H,4-6,8,11,13-15,17,20,22,24,28-29,31-32,34-38,40-41,43-52H2,1-3H3/b10-7-,12-9-,19-16-,21-18-,26-23-,27-25-,33-30-,42-39-. The lowest BCUT2D eigenvalue weighted by molar-refractivity contribution is -0.166. The van der Waals surface area contributed by atoms with Gasteiger partial charge in [-0.05, 0) is 103 Å². The van der Waals surface area contributed by atoms with Crippen molar-refractivity contribution in [3.05, 3.63) is 97.2 Å². The van der Waals surface area contributed by atoms with E-state index in [9.17, 15) is 14.4 Å². The molecule has 0 spiro atoms. The SMILES string of the molecule is CC/C=C\C/C=C\C/C=C\C/C=C\CCC(=O)OCC(COC(=O)CCCCCCCCC/C=C\C/C=C\C/C=C\CC)OC(=O)CCCCCCC/C=C\CCCCCCC. The Labute approximate surface area is 381 Å². The van der Waals surface area contributed by atoms with Gasteiger partial charge in [0.2, 0.25) is 0 Å². The van der Waals surface area contributed by atoms with Crippen LogP contribution in [0.25, 0.3) is 0 Å². The van der Waals surface area contributed by atoms with Crippen LogP contribution in [0, 0.1) is 0 Å². The van der Waals surface area contributed by atoms with Crippen molar-refractivity contribution in [1.29, 1.82) is 0 Å². The fraction of sp³-hybridized carbons (Fsp3) is 0.661. The quantitative estimate of drug-likeness (QED) is 0.0263. The largest absolute Gasteiger partial charge is 0.462 e. The van der Waals surface area contributed by atoms with Crippen LogP contribution in [-0.4, -0.2) is 37.2 Å². The van der Waals surface area contributed by atoms with Crippen LogP contribution in [0.1, 0.15) is 220 Å². The highest BCUT2D eigenvalue weighted by Gasteiger charge is 2.19. The Bertz CT molecular complexity index is 1260. The minimum Gasteiger partial charge on any atom is -0.462 e. The lowest BCUT2D eigenvalue weighted by Crippen LogP contribution is -2.30. The van der Waals surface area contributed by atoms with Gasteiger partial charge in [-0.1, -0.05) is 195 Å². The summed E-state index contributed by atoms with van der Waals surface area (Å²) in [6, 6.07) is 0. The second kappa shape index (κ2) is 50.0. The first kappa shape index (κ1) is 58.3. The molecule has 0 saturated carbocycles. The Balaban J connectivity index is 4.49. The number of rotatable bonds is 44. The van der Waals surface area contributed by atoms with Crippen LogP contribution < -0.4 is 0 Å². The molecule has 0 fully saturated rings. The van der Waals surface area contributed by atoms with Crippen LogP contribution in [0.4, 0.5) is 0 Å². The van der Waals surface area contributed by atoms with Gasteiger partial charge in [0.1, 0.15) is 13.2 Å². The molecule has 0 radical (unpaired) electrons. The fourth-order valence-electron chi connectivity index (χ4n) is 6.58. The average molecular weight is 861 g/mol. The van der Waals surface area contributed by atoms with E-state index in [0.717, 1.165) is 103 Å². The molecule has 0 bridgehead atoms. The van der Waals surface area contributed by atoms with E-state index in [1.54, 1.807) is 0 Å². The third kappa shape index (κ3) is 47.4. The molecule has 0 aromatic heterocycles. The first-order chi connectivity index (χ1) is 30.5. The van der Waals surface area contributed by atoms with E-state index in [4.69, 9.17) is 14.2 Å². The van der Waals surface area contributed by atoms with Crippen molar-refractivity contribution in [2.24, 2.45) is 0 Å². The smallest absolute Gasteiger partial charge is 0.306 e. The third-order valence-electron chi connectivity index (χ3n) is 10.3. The first-order valence-corrected chi connectivity index (χ1v) is 25.2. The van der Waals surface area contributed by atoms with Gasteiger partial charge in [0.15, 0.2) is 6.10 Å². The van der Waals surface area contributed by atoms with Crippen molar-refractivity contribution >= 4 is 17.9 Å². The predicted molar refractivity (Wildman–Crippen MR) is 265 cm³/mol. The van der Waals surface area contributed by atoms with Gasteiger partial charge in [-0.2, -0.15) is 0 Å². The monoisotopic (exact) mass is 861 g/mol. The molecule has 6 heteroatoms. The second-order valence-electron chi connectivity index (χ2n) is 16.3. The average Bonchev–Trinajstić information content (AvgIpc) is 3.27. The topological polar surface area (TPSA) is 78.9 Å². The minimum atomic E-state index is -0.814. The number of carbonyl (C=O) groups is 3. The Morgan fingerprint density at radius 1 is 0.339 bits per heavy atom. The van der Waals surface area contributed by atoms with Gasteiger partial charge in [0, 0.05) is 19.3 Å². The van der Waals surface area contributed by atoms with E-state index < -0.39 is 6.10 Å². The normalized spacial score (nSPS) is 12.9. The molecule has 62 heavy (non-hydrogen) atoms. The highest BCUT2D eigenvalue weighted by atomic mass is 16.6. The molecule has 0 aliphatic carbocycles. The van der Waals surface area contributed by atoms with Crippen LogP contribution >= 0.6 is 0 Å². The molecule has 6 nitrogen and oxygen atoms in total. The zero-order valence-corrected chi connectivity index (χ0v) is 40.1. The van der Waals surface area contributed by atoms with Crippen LogP contribution in [0.5, 0.6) is 0 Å². The predicted octanol–water partition coefficient (Wildman–Crippen LogP) is 16.6. The molecule has 1 unspecified atom stereocenters. The number of carbonyl (C=O) groups excluding carboxylic acids is 3. The summed E-state index contributed by atoms with van der Waals surface area (Å²) in [5.74, 6) is -1.02. The summed E-state index contributed by atoms with van der Waals surface area (Å²) in [5.41, 5.74) is 0. The first-order valence-electron chi connectivity index (χ1n) is 25.2. The number of esters is 3. The van der Waals surface area contributed by atoms with Crippen LogP contribution in [-0.2, 0) is 28.6 Å². The molecule has 0 heterocycles. The minimum absolute atomic E-state index is 0.109. The molecule has 0 rings (SSSR count). The van der Waals surface area contributed by atoms with Gasteiger partial charge in [-0.25, -0.2) is 0 Å². The summed E-state index contributed by atoms with van der Waals surface area (Å²) in [6.45, 7) is 6.31. The number of hydrogen-bond donors (Lipinski definition) is 0. The molecule has 0 aliphatic heterocycles.